The van der Waals surface area contributed by atoms with Crippen molar-refractivity contribution in [3.63, 3.8) is 0 Å². The van der Waals surface area contributed by atoms with Crippen molar-refractivity contribution < 1.29 is 9.90 Å². The average Bonchev–Trinajstić information content (AvgIpc) is 2.33. The highest BCUT2D eigenvalue weighted by Crippen LogP contribution is 2.38. The van der Waals surface area contributed by atoms with Gasteiger partial charge >= 0.3 is 0 Å². The van der Waals surface area contributed by atoms with Crippen LogP contribution in [0.15, 0.2) is 0 Å². The van der Waals surface area contributed by atoms with E-state index in [2.05, 4.69) is 11.8 Å². The summed E-state index contributed by atoms with van der Waals surface area (Å²) in [6.45, 7) is 4.94. The fourth-order valence-electron chi connectivity index (χ4n) is 3.27. The van der Waals surface area contributed by atoms with Gasteiger partial charge in [-0.3, -0.25) is 4.90 Å². The summed E-state index contributed by atoms with van der Waals surface area (Å²) in [5, 5.41) is 9.68. The topological polar surface area (TPSA) is 40.5 Å². The highest BCUT2D eigenvalue weighted by atomic mass is 16.3. The molecular weight excluding hydrogens is 214 g/mol. The Balaban J connectivity index is 1.92. The van der Waals surface area contributed by atoms with Crippen LogP contribution in [0, 0.1) is 11.3 Å². The Hall–Kier alpha value is -0.410. The number of β-amino-alcohol motifs (C(OH)–C–C–N with tert-alkyl or cyclic N) is 1. The van der Waals surface area contributed by atoms with Crippen LogP contribution in [0.3, 0.4) is 0 Å². The second-order valence-electron chi connectivity index (χ2n) is 6.19. The Morgan fingerprint density at radius 3 is 2.65 bits per heavy atom. The van der Waals surface area contributed by atoms with Gasteiger partial charge in [0.1, 0.15) is 6.29 Å². The van der Waals surface area contributed by atoms with E-state index in [0.717, 1.165) is 51.2 Å². The van der Waals surface area contributed by atoms with Crippen LogP contribution in [0.5, 0.6) is 0 Å². The third-order valence-corrected chi connectivity index (χ3v) is 4.54. The molecule has 0 bridgehead atoms. The molecule has 2 fully saturated rings. The third kappa shape index (κ3) is 3.29. The number of aliphatic hydroxyl groups excluding tert-OH is 1. The first-order valence-electron chi connectivity index (χ1n) is 7.00. The number of hydrogen-bond acceptors (Lipinski definition) is 3. The zero-order valence-corrected chi connectivity index (χ0v) is 10.9. The Kier molecular flexibility index (Phi) is 4.21. The number of hydrogen-bond donors (Lipinski definition) is 1. The Labute approximate surface area is 104 Å². The molecule has 1 saturated carbocycles. The van der Waals surface area contributed by atoms with Crippen LogP contribution < -0.4 is 0 Å². The molecule has 98 valence electrons. The Bertz CT molecular complexity index is 259. The second kappa shape index (κ2) is 5.49. The lowest BCUT2D eigenvalue weighted by Gasteiger charge is -2.40. The summed E-state index contributed by atoms with van der Waals surface area (Å²) >= 11 is 0. The lowest BCUT2D eigenvalue weighted by molar-refractivity contribution is -0.120. The lowest BCUT2D eigenvalue weighted by atomic mass is 9.71. The van der Waals surface area contributed by atoms with E-state index in [1.54, 1.807) is 0 Å². The van der Waals surface area contributed by atoms with E-state index < -0.39 is 0 Å². The third-order valence-electron chi connectivity index (χ3n) is 4.54. The number of aldehydes is 1. The van der Waals surface area contributed by atoms with Gasteiger partial charge in [-0.2, -0.15) is 0 Å². The van der Waals surface area contributed by atoms with Crippen molar-refractivity contribution in [2.24, 2.45) is 11.3 Å². The maximum absolute atomic E-state index is 11.5. The minimum absolute atomic E-state index is 0.121. The molecule has 17 heavy (non-hydrogen) atoms. The molecule has 0 aromatic carbocycles. The van der Waals surface area contributed by atoms with Gasteiger partial charge in [0.2, 0.25) is 0 Å². The predicted molar refractivity (Wildman–Crippen MR) is 67.8 cm³/mol. The number of rotatable bonds is 3. The summed E-state index contributed by atoms with van der Waals surface area (Å²) in [5.41, 5.74) is -0.121. The van der Waals surface area contributed by atoms with Gasteiger partial charge < -0.3 is 9.90 Å². The smallest absolute Gasteiger partial charge is 0.127 e. The first-order chi connectivity index (χ1) is 8.13. The van der Waals surface area contributed by atoms with Crippen molar-refractivity contribution in [1.82, 2.24) is 4.90 Å². The molecule has 0 amide bonds. The zero-order chi connectivity index (χ0) is 12.3. The Morgan fingerprint density at radius 2 is 2.06 bits per heavy atom. The normalized spacial score (nSPS) is 40.1. The highest BCUT2D eigenvalue weighted by Gasteiger charge is 2.36. The highest BCUT2D eigenvalue weighted by molar-refractivity contribution is 5.60. The number of piperidine rings is 1. The fourth-order valence-corrected chi connectivity index (χ4v) is 3.27. The van der Waals surface area contributed by atoms with Crippen molar-refractivity contribution >= 4 is 6.29 Å². The zero-order valence-electron chi connectivity index (χ0n) is 10.9. The number of aliphatic hydroxyl groups is 1. The molecule has 3 nitrogen and oxygen atoms in total. The van der Waals surface area contributed by atoms with Gasteiger partial charge in [0.05, 0.1) is 6.10 Å². The molecule has 1 saturated heterocycles. The van der Waals surface area contributed by atoms with Crippen molar-refractivity contribution in [3.05, 3.63) is 0 Å². The van der Waals surface area contributed by atoms with Gasteiger partial charge in [0.25, 0.3) is 0 Å². The van der Waals surface area contributed by atoms with Gasteiger partial charge in [0.15, 0.2) is 0 Å². The quantitative estimate of drug-likeness (QED) is 0.764. The summed E-state index contributed by atoms with van der Waals surface area (Å²) in [5.74, 6) is 0.773. The maximum Gasteiger partial charge on any atom is 0.127 e. The van der Waals surface area contributed by atoms with Gasteiger partial charge in [-0.1, -0.05) is 6.92 Å². The maximum atomic E-state index is 11.5. The van der Waals surface area contributed by atoms with Gasteiger partial charge in [0, 0.05) is 18.5 Å². The standard InChI is InChI=1S/C14H25NO2/c1-12-4-6-14(11-16,7-5-12)10-15-8-2-3-13(17)9-15/h11-13,17H,2-10H2,1H3. The molecule has 1 aliphatic carbocycles. The molecule has 0 aromatic rings. The summed E-state index contributed by atoms with van der Waals surface area (Å²) in [7, 11) is 0. The number of carbonyl (C=O) groups excluding carboxylic acids is 1. The van der Waals surface area contributed by atoms with Crippen molar-refractivity contribution in [2.75, 3.05) is 19.6 Å². The molecule has 3 heteroatoms. The average molecular weight is 239 g/mol. The Morgan fingerprint density at radius 1 is 1.35 bits per heavy atom. The van der Waals surface area contributed by atoms with E-state index >= 15 is 0 Å². The molecule has 1 heterocycles. The van der Waals surface area contributed by atoms with Gasteiger partial charge in [-0.15, -0.1) is 0 Å². The van der Waals surface area contributed by atoms with E-state index in [0.29, 0.717) is 0 Å². The molecule has 1 N–H and O–H groups in total. The number of carbonyl (C=O) groups is 1. The molecule has 0 radical (unpaired) electrons. The molecular formula is C14H25NO2. The van der Waals surface area contributed by atoms with Crippen LogP contribution >= 0.6 is 0 Å². The van der Waals surface area contributed by atoms with E-state index in [9.17, 15) is 9.90 Å². The molecule has 1 atom stereocenters. The first-order valence-corrected chi connectivity index (χ1v) is 7.00. The summed E-state index contributed by atoms with van der Waals surface area (Å²) < 4.78 is 0. The monoisotopic (exact) mass is 239 g/mol. The summed E-state index contributed by atoms with van der Waals surface area (Å²) in [6, 6.07) is 0. The van der Waals surface area contributed by atoms with Crippen LogP contribution in [0.1, 0.15) is 45.4 Å². The molecule has 0 spiro atoms. The van der Waals surface area contributed by atoms with Crippen LogP contribution in [0.4, 0.5) is 0 Å². The second-order valence-corrected chi connectivity index (χ2v) is 6.19. The number of nitrogens with zero attached hydrogens (tertiary/aromatic N) is 1. The first kappa shape index (κ1) is 13.0. The largest absolute Gasteiger partial charge is 0.392 e. The molecule has 2 rings (SSSR count). The van der Waals surface area contributed by atoms with E-state index in [1.807, 2.05) is 0 Å². The molecule has 0 aromatic heterocycles. The molecule has 1 aliphatic heterocycles. The number of likely N-dealkylation sites (tertiary alicyclic amines) is 1. The van der Waals surface area contributed by atoms with Crippen molar-refractivity contribution in [3.8, 4) is 0 Å². The van der Waals surface area contributed by atoms with Crippen molar-refractivity contribution in [1.29, 1.82) is 0 Å². The van der Waals surface area contributed by atoms with Crippen LogP contribution in [-0.4, -0.2) is 42.0 Å². The molecule has 2 aliphatic rings. The van der Waals surface area contributed by atoms with Crippen molar-refractivity contribution in [2.45, 2.75) is 51.6 Å². The lowest BCUT2D eigenvalue weighted by Crippen LogP contribution is -2.46. The van der Waals surface area contributed by atoms with Gasteiger partial charge in [-0.25, -0.2) is 0 Å². The van der Waals surface area contributed by atoms with Gasteiger partial charge in [-0.05, 0) is 51.0 Å². The predicted octanol–water partition coefficient (Wildman–Crippen LogP) is 1.84. The summed E-state index contributed by atoms with van der Waals surface area (Å²) in [6.07, 6.45) is 7.40. The minimum atomic E-state index is -0.185. The molecule has 1 unspecified atom stereocenters. The minimum Gasteiger partial charge on any atom is -0.392 e. The summed E-state index contributed by atoms with van der Waals surface area (Å²) in [4.78, 5) is 13.7. The van der Waals surface area contributed by atoms with Crippen LogP contribution in [-0.2, 0) is 4.79 Å². The van der Waals surface area contributed by atoms with E-state index in [-0.39, 0.29) is 11.5 Å². The van der Waals surface area contributed by atoms with Crippen LogP contribution in [0.2, 0.25) is 0 Å². The van der Waals surface area contributed by atoms with E-state index in [1.165, 1.54) is 19.1 Å². The van der Waals surface area contributed by atoms with E-state index in [4.69, 9.17) is 0 Å². The fraction of sp³-hybridized carbons (Fsp3) is 0.929. The van der Waals surface area contributed by atoms with Crippen LogP contribution in [0.25, 0.3) is 0 Å². The SMILES string of the molecule is CC1CCC(C=O)(CN2CCCC(O)C2)CC1.